The second-order valence-corrected chi connectivity index (χ2v) is 18.3. The Labute approximate surface area is 146 Å². The van der Waals surface area contributed by atoms with Gasteiger partial charge in [-0.1, -0.05) is 0 Å². The van der Waals surface area contributed by atoms with Gasteiger partial charge in [0.25, 0.3) is 0 Å². The van der Waals surface area contributed by atoms with E-state index in [0.717, 1.165) is 42.5 Å². The summed E-state index contributed by atoms with van der Waals surface area (Å²) in [5.74, 6) is 7.13. The first kappa shape index (κ1) is 14.3. The molecule has 1 aliphatic carbocycles. The molecule has 0 aliphatic heterocycles. The molecule has 1 fully saturated rings. The molecule has 0 N–H and O–H groups in total. The van der Waals surface area contributed by atoms with E-state index < -0.39 is 19.6 Å². The molecule has 2 aromatic rings. The summed E-state index contributed by atoms with van der Waals surface area (Å²) >= 11 is -2.22. The van der Waals surface area contributed by atoms with Gasteiger partial charge in [0.15, 0.2) is 0 Å². The van der Waals surface area contributed by atoms with Crippen LogP contribution in [0.4, 0.5) is 0 Å². The van der Waals surface area contributed by atoms with E-state index in [-0.39, 0.29) is 5.92 Å². The molecule has 0 unspecified atom stereocenters. The van der Waals surface area contributed by atoms with E-state index in [1.807, 2.05) is 24.4 Å². The molecule has 1 saturated carbocycles. The predicted octanol–water partition coefficient (Wildman–Crippen LogP) is 5.42. The van der Waals surface area contributed by atoms with Crippen LogP contribution in [0.25, 0.3) is 11.3 Å². The molecule has 0 saturated heterocycles. The Morgan fingerprint density at radius 3 is 2.43 bits per heavy atom. The Balaban J connectivity index is 2.10. The standard InChI is InChI=1S/C21H29GeN/c1-22(2,3)20-16-23-21(18-12-8-5-9-13-18)15-19(20)14-17-10-6-4-7-11-17/h5,8-9,12-13,15-17H,4,6-7,10-11,14H2,1-3H3/i14D2. The molecule has 2 heteroatoms. The van der Waals surface area contributed by atoms with Gasteiger partial charge in [0.2, 0.25) is 0 Å². The van der Waals surface area contributed by atoms with Crippen molar-refractivity contribution >= 4 is 17.7 Å². The van der Waals surface area contributed by atoms with Crippen LogP contribution in [0.3, 0.4) is 0 Å². The number of hydrogen-bond acceptors (Lipinski definition) is 1. The summed E-state index contributed by atoms with van der Waals surface area (Å²) in [5, 5.41) is 0. The number of benzene rings is 1. The Bertz CT molecular complexity index is 716. The fourth-order valence-corrected chi connectivity index (χ4v) is 6.35. The molecule has 3 rings (SSSR count). The summed E-state index contributed by atoms with van der Waals surface area (Å²) in [5.41, 5.74) is 2.88. The minimum absolute atomic E-state index is 0.135. The van der Waals surface area contributed by atoms with Crippen LogP contribution in [0.1, 0.15) is 40.4 Å². The van der Waals surface area contributed by atoms with E-state index in [9.17, 15) is 0 Å². The molecule has 0 amide bonds. The zero-order valence-electron chi connectivity index (χ0n) is 16.6. The van der Waals surface area contributed by atoms with E-state index in [1.165, 1.54) is 10.8 Å². The second kappa shape index (κ2) is 7.21. The van der Waals surface area contributed by atoms with Gasteiger partial charge < -0.3 is 0 Å². The Morgan fingerprint density at radius 1 is 1.09 bits per heavy atom. The zero-order valence-corrected chi connectivity index (χ0v) is 16.7. The van der Waals surface area contributed by atoms with Crippen molar-refractivity contribution < 1.29 is 2.74 Å². The van der Waals surface area contributed by atoms with Crippen molar-refractivity contribution in [3.63, 3.8) is 0 Å². The van der Waals surface area contributed by atoms with Gasteiger partial charge in [-0.05, 0) is 0 Å². The summed E-state index contributed by atoms with van der Waals surface area (Å²) < 4.78 is 19.2. The second-order valence-electron chi connectivity index (χ2n) is 7.71. The fraction of sp³-hybridized carbons (Fsp3) is 0.476. The topological polar surface area (TPSA) is 12.9 Å². The van der Waals surface area contributed by atoms with Crippen LogP contribution in [0.5, 0.6) is 0 Å². The van der Waals surface area contributed by atoms with Crippen LogP contribution < -0.4 is 4.40 Å². The van der Waals surface area contributed by atoms with Crippen LogP contribution in [0.2, 0.25) is 17.3 Å². The van der Waals surface area contributed by atoms with Crippen LogP contribution in [-0.2, 0) is 6.37 Å². The van der Waals surface area contributed by atoms with E-state index >= 15 is 0 Å². The molecule has 1 nitrogen and oxygen atoms in total. The summed E-state index contributed by atoms with van der Waals surface area (Å²) in [4.78, 5) is 4.71. The van der Waals surface area contributed by atoms with Crippen LogP contribution in [0, 0.1) is 5.92 Å². The quantitative estimate of drug-likeness (QED) is 0.656. The van der Waals surface area contributed by atoms with E-state index in [1.54, 1.807) is 0 Å². The van der Waals surface area contributed by atoms with E-state index in [0.29, 0.717) is 0 Å². The predicted molar refractivity (Wildman–Crippen MR) is 103 cm³/mol. The maximum absolute atomic E-state index is 9.01. The molecule has 122 valence electrons. The van der Waals surface area contributed by atoms with Crippen molar-refractivity contribution in [2.24, 2.45) is 5.92 Å². The Morgan fingerprint density at radius 2 is 1.78 bits per heavy atom. The molecule has 1 aliphatic rings. The van der Waals surface area contributed by atoms with Crippen LogP contribution in [-0.4, -0.2) is 18.3 Å². The first-order valence-electron chi connectivity index (χ1n) is 9.86. The van der Waals surface area contributed by atoms with Gasteiger partial charge in [0.05, 0.1) is 0 Å². The van der Waals surface area contributed by atoms with Crippen molar-refractivity contribution in [1.82, 2.24) is 4.98 Å². The number of nitrogens with zero attached hydrogens (tertiary/aromatic N) is 1. The zero-order chi connectivity index (χ0) is 18.1. The summed E-state index contributed by atoms with van der Waals surface area (Å²) in [6.07, 6.45) is 6.31. The third kappa shape index (κ3) is 4.26. The van der Waals surface area contributed by atoms with Crippen molar-refractivity contribution in [2.45, 2.75) is 55.7 Å². The monoisotopic (exact) mass is 371 g/mol. The normalized spacial score (nSPS) is 18.4. The van der Waals surface area contributed by atoms with Crippen molar-refractivity contribution in [2.75, 3.05) is 0 Å². The molecule has 0 bridgehead atoms. The van der Waals surface area contributed by atoms with Crippen LogP contribution >= 0.6 is 0 Å². The average molecular weight is 370 g/mol. The van der Waals surface area contributed by atoms with Gasteiger partial charge in [-0.2, -0.15) is 0 Å². The van der Waals surface area contributed by atoms with Gasteiger partial charge >= 0.3 is 146 Å². The third-order valence-electron chi connectivity index (χ3n) is 4.75. The molecule has 23 heavy (non-hydrogen) atoms. The van der Waals surface area contributed by atoms with Crippen LogP contribution in [0.15, 0.2) is 42.6 Å². The Hall–Kier alpha value is -1.09. The molecular weight excluding hydrogens is 339 g/mol. The van der Waals surface area contributed by atoms with E-state index in [4.69, 9.17) is 7.73 Å². The Kier molecular flexibility index (Phi) is 4.47. The molecule has 0 spiro atoms. The van der Waals surface area contributed by atoms with Crippen molar-refractivity contribution in [3.05, 3.63) is 48.2 Å². The van der Waals surface area contributed by atoms with E-state index in [2.05, 4.69) is 35.5 Å². The molecular formula is C21H29GeN. The summed E-state index contributed by atoms with van der Waals surface area (Å²) in [6.45, 7) is 0. The van der Waals surface area contributed by atoms with Gasteiger partial charge in [0.1, 0.15) is 0 Å². The fourth-order valence-electron chi connectivity index (χ4n) is 3.41. The van der Waals surface area contributed by atoms with Gasteiger partial charge in [-0.25, -0.2) is 0 Å². The summed E-state index contributed by atoms with van der Waals surface area (Å²) in [7, 11) is 0. The maximum atomic E-state index is 9.01. The number of pyridine rings is 1. The average Bonchev–Trinajstić information content (AvgIpc) is 2.62. The third-order valence-corrected chi connectivity index (χ3v) is 8.97. The molecule has 1 aromatic heterocycles. The molecule has 1 aromatic carbocycles. The SMILES string of the molecule is [2H]C([2H])(c1cc(-c2ccccc2)nc[c]1[Ge]([CH3])([CH3])[CH3])C1CCCCC1. The summed E-state index contributed by atoms with van der Waals surface area (Å²) in [6, 6.07) is 12.2. The molecule has 1 heterocycles. The van der Waals surface area contributed by atoms with Gasteiger partial charge in [-0.15, -0.1) is 0 Å². The number of aromatic nitrogens is 1. The number of rotatable bonds is 4. The number of hydrogen-bond donors (Lipinski definition) is 0. The molecule has 0 radical (unpaired) electrons. The van der Waals surface area contributed by atoms with Crippen molar-refractivity contribution in [3.8, 4) is 11.3 Å². The van der Waals surface area contributed by atoms with Gasteiger partial charge in [-0.3, -0.25) is 0 Å². The molecule has 0 atom stereocenters. The first-order valence-corrected chi connectivity index (χ1v) is 16.2. The minimum atomic E-state index is -2.22. The van der Waals surface area contributed by atoms with Gasteiger partial charge in [0, 0.05) is 0 Å². The van der Waals surface area contributed by atoms with Crippen molar-refractivity contribution in [1.29, 1.82) is 0 Å². The first-order chi connectivity index (χ1) is 11.8.